The third-order valence-corrected chi connectivity index (χ3v) is 8.64. The predicted molar refractivity (Wildman–Crippen MR) is 104 cm³/mol. The van der Waals surface area contributed by atoms with Crippen LogP contribution in [0.1, 0.15) is 25.3 Å². The molecule has 6 atom stereocenters. The van der Waals surface area contributed by atoms with Crippen molar-refractivity contribution in [3.8, 4) is 0 Å². The van der Waals surface area contributed by atoms with Crippen LogP contribution >= 0.6 is 0 Å². The number of methoxy groups -OCH3 is 1. The second kappa shape index (κ2) is 5.38. The van der Waals surface area contributed by atoms with Crippen molar-refractivity contribution in [2.75, 3.05) is 39.2 Å². The zero-order chi connectivity index (χ0) is 19.9. The molecule has 6 heteroatoms. The van der Waals surface area contributed by atoms with Gasteiger partial charge < -0.3 is 20.3 Å². The molecule has 1 aromatic rings. The summed E-state index contributed by atoms with van der Waals surface area (Å²) in [5.74, 6) is -0.629. The van der Waals surface area contributed by atoms with E-state index in [1.54, 1.807) is 0 Å². The summed E-state index contributed by atoms with van der Waals surface area (Å²) in [5, 5.41) is 26.2. The van der Waals surface area contributed by atoms with Crippen molar-refractivity contribution in [3.05, 3.63) is 41.5 Å². The topological polar surface area (TPSA) is 78.8 Å². The van der Waals surface area contributed by atoms with Crippen LogP contribution in [0.5, 0.6) is 0 Å². The smallest absolute Gasteiger partial charge is 0.316 e. The van der Waals surface area contributed by atoms with Gasteiger partial charge in [0.05, 0.1) is 32.7 Å². The molecule has 1 saturated carbocycles. The maximum absolute atomic E-state index is 13.5. The molecular formula is C22H29N2O4+. The average molecular weight is 385 g/mol. The zero-order valence-corrected chi connectivity index (χ0v) is 16.7. The number of carbonyl (C=O) groups excluding carboxylic acids is 1. The van der Waals surface area contributed by atoms with Crippen LogP contribution in [-0.2, 0) is 14.9 Å². The van der Waals surface area contributed by atoms with Gasteiger partial charge >= 0.3 is 5.97 Å². The lowest BCUT2D eigenvalue weighted by Crippen LogP contribution is -2.78. The highest BCUT2D eigenvalue weighted by atomic mass is 16.5. The molecule has 4 fully saturated rings. The van der Waals surface area contributed by atoms with Gasteiger partial charge in [-0.3, -0.25) is 9.28 Å². The molecular weight excluding hydrogens is 356 g/mol. The van der Waals surface area contributed by atoms with Gasteiger partial charge in [0.1, 0.15) is 18.1 Å². The number of carbonyl (C=O) groups is 1. The minimum atomic E-state index is -1.13. The number of fused-ring (bicyclic) bond motifs is 3. The van der Waals surface area contributed by atoms with E-state index in [9.17, 15) is 15.0 Å². The first kappa shape index (κ1) is 18.2. The Hall–Kier alpha value is -1.89. The normalized spacial score (nSPS) is 46.7. The molecule has 4 bridgehead atoms. The third kappa shape index (κ3) is 1.52. The Balaban J connectivity index is 1.96. The fraction of sp³-hybridized carbons (Fsp3) is 0.591. The molecule has 3 N–H and O–H groups in total. The number of likely N-dealkylation sites (N-methyl/N-ethyl adjacent to an activating group) is 1. The van der Waals surface area contributed by atoms with Crippen LogP contribution < -0.4 is 5.32 Å². The molecule has 0 radical (unpaired) electrons. The van der Waals surface area contributed by atoms with Crippen molar-refractivity contribution >= 4 is 11.7 Å². The van der Waals surface area contributed by atoms with Crippen molar-refractivity contribution < 1.29 is 24.2 Å². The van der Waals surface area contributed by atoms with Gasteiger partial charge in [0.15, 0.2) is 0 Å². The van der Waals surface area contributed by atoms with E-state index in [4.69, 9.17) is 4.74 Å². The predicted octanol–water partition coefficient (Wildman–Crippen LogP) is 1.39. The number of allylic oxidation sites excluding steroid dienone is 1. The Labute approximate surface area is 165 Å². The molecule has 3 saturated heterocycles. The average Bonchev–Trinajstić information content (AvgIpc) is 3.12. The van der Waals surface area contributed by atoms with Gasteiger partial charge in [-0.05, 0) is 30.5 Å². The largest absolute Gasteiger partial charge is 0.468 e. The minimum absolute atomic E-state index is 0.258. The van der Waals surface area contributed by atoms with Crippen LogP contribution in [-0.4, -0.2) is 66.3 Å². The number of aliphatic hydroxyl groups is 2. The number of ether oxygens (including phenoxy) is 1. The molecule has 28 heavy (non-hydrogen) atoms. The summed E-state index contributed by atoms with van der Waals surface area (Å²) in [7, 11) is 3.59. The van der Waals surface area contributed by atoms with E-state index in [2.05, 4.69) is 24.5 Å². The summed E-state index contributed by atoms with van der Waals surface area (Å²) in [4.78, 5) is 13.5. The van der Waals surface area contributed by atoms with Gasteiger partial charge in [-0.1, -0.05) is 24.3 Å². The number of nitrogens with zero attached hydrogens (tertiary/aromatic N) is 1. The summed E-state index contributed by atoms with van der Waals surface area (Å²) in [5.41, 5.74) is 0.476. The van der Waals surface area contributed by atoms with E-state index in [0.29, 0.717) is 17.3 Å². The molecule has 1 aromatic carbocycles. The SMILES string of the molecule is C/C=C1/C[N@+]2(C)CC[C@@]34c5ccccc5N[C@]32C(O)C[C@@H]1C4(CO)C(=O)OC. The minimum Gasteiger partial charge on any atom is -0.468 e. The Bertz CT molecular complexity index is 900. The number of para-hydroxylation sites is 1. The molecule has 0 amide bonds. The van der Waals surface area contributed by atoms with Crippen LogP contribution in [0.4, 0.5) is 5.69 Å². The number of anilines is 1. The Morgan fingerprint density at radius 1 is 1.43 bits per heavy atom. The number of quaternary nitrogens is 1. The number of hydrogen-bond donors (Lipinski definition) is 3. The molecule has 6 rings (SSSR count). The second-order valence-electron chi connectivity index (χ2n) is 9.16. The quantitative estimate of drug-likeness (QED) is 0.407. The molecule has 1 spiro atoms. The van der Waals surface area contributed by atoms with Crippen molar-refractivity contribution in [1.29, 1.82) is 0 Å². The number of hydrogen-bond acceptors (Lipinski definition) is 5. The van der Waals surface area contributed by atoms with E-state index in [-0.39, 0.29) is 18.5 Å². The van der Waals surface area contributed by atoms with Crippen LogP contribution in [0.3, 0.4) is 0 Å². The zero-order valence-electron chi connectivity index (χ0n) is 16.7. The van der Waals surface area contributed by atoms with E-state index < -0.39 is 22.6 Å². The van der Waals surface area contributed by atoms with Crippen molar-refractivity contribution in [3.63, 3.8) is 0 Å². The van der Waals surface area contributed by atoms with E-state index in [1.165, 1.54) is 7.11 Å². The monoisotopic (exact) mass is 385 g/mol. The van der Waals surface area contributed by atoms with Crippen LogP contribution in [0.2, 0.25) is 0 Å². The molecule has 150 valence electrons. The summed E-state index contributed by atoms with van der Waals surface area (Å²) < 4.78 is 5.98. The van der Waals surface area contributed by atoms with Crippen molar-refractivity contribution in [1.82, 2.24) is 0 Å². The fourth-order valence-corrected chi connectivity index (χ4v) is 7.70. The lowest BCUT2D eigenvalue weighted by atomic mass is 9.45. The van der Waals surface area contributed by atoms with E-state index >= 15 is 0 Å². The summed E-state index contributed by atoms with van der Waals surface area (Å²) >= 11 is 0. The van der Waals surface area contributed by atoms with Crippen LogP contribution in [0.25, 0.3) is 0 Å². The number of esters is 1. The Morgan fingerprint density at radius 3 is 2.86 bits per heavy atom. The van der Waals surface area contributed by atoms with E-state index in [1.807, 2.05) is 25.1 Å². The van der Waals surface area contributed by atoms with Gasteiger partial charge in [-0.2, -0.15) is 0 Å². The molecule has 4 heterocycles. The maximum Gasteiger partial charge on any atom is 0.316 e. The standard InChI is InChI=1S/C22H29N2O4/c1-4-14-12-24(2)10-9-21-15-7-5-6-8-17(15)23-22(21,24)18(26)11-16(14)20(21,13-25)19(27)28-3/h4-8,16,18,23,25-26H,9-13H2,1-3H3/q+1/b14-4-/t16-,18?,20?,21-,22-,24-/m0/s1. The highest BCUT2D eigenvalue weighted by molar-refractivity contribution is 5.85. The maximum atomic E-state index is 13.5. The first-order chi connectivity index (χ1) is 13.4. The van der Waals surface area contributed by atoms with E-state index in [0.717, 1.165) is 29.9 Å². The van der Waals surface area contributed by atoms with Gasteiger partial charge in [0, 0.05) is 18.0 Å². The fourth-order valence-electron chi connectivity index (χ4n) is 7.70. The third-order valence-electron chi connectivity index (χ3n) is 8.64. The molecule has 2 unspecified atom stereocenters. The highest BCUT2D eigenvalue weighted by Crippen LogP contribution is 2.74. The molecule has 0 aromatic heterocycles. The molecule has 6 nitrogen and oxygen atoms in total. The summed E-state index contributed by atoms with van der Waals surface area (Å²) in [6, 6.07) is 8.04. The first-order valence-corrected chi connectivity index (χ1v) is 10.1. The van der Waals surface area contributed by atoms with Crippen molar-refractivity contribution in [2.24, 2.45) is 11.3 Å². The number of rotatable bonds is 2. The number of aliphatic hydroxyl groups excluding tert-OH is 2. The number of benzene rings is 1. The summed E-state index contributed by atoms with van der Waals surface area (Å²) in [6.07, 6.45) is 2.59. The molecule has 5 aliphatic rings. The molecule has 4 aliphatic heterocycles. The van der Waals surface area contributed by atoms with Gasteiger partial charge in [0.2, 0.25) is 5.66 Å². The second-order valence-corrected chi connectivity index (χ2v) is 9.16. The van der Waals surface area contributed by atoms with Gasteiger partial charge in [-0.15, -0.1) is 0 Å². The highest BCUT2D eigenvalue weighted by Gasteiger charge is 2.88. The molecule has 1 aliphatic carbocycles. The van der Waals surface area contributed by atoms with Crippen molar-refractivity contribution in [2.45, 2.75) is 36.9 Å². The van der Waals surface area contributed by atoms with Gasteiger partial charge in [0.25, 0.3) is 0 Å². The Kier molecular flexibility index (Phi) is 3.49. The lowest BCUT2D eigenvalue weighted by Gasteiger charge is -2.58. The number of nitrogens with one attached hydrogen (secondary N) is 1. The van der Waals surface area contributed by atoms with Crippen LogP contribution in [0.15, 0.2) is 35.9 Å². The summed E-state index contributed by atoms with van der Waals surface area (Å²) in [6.45, 7) is 3.26. The van der Waals surface area contributed by atoms with Crippen LogP contribution in [0, 0.1) is 11.3 Å². The first-order valence-electron chi connectivity index (χ1n) is 10.1. The Morgan fingerprint density at radius 2 is 2.18 bits per heavy atom. The van der Waals surface area contributed by atoms with Gasteiger partial charge in [-0.25, -0.2) is 0 Å². The lowest BCUT2D eigenvalue weighted by molar-refractivity contribution is -0.944.